The van der Waals surface area contributed by atoms with Crippen molar-refractivity contribution in [3.63, 3.8) is 0 Å². The Kier molecular flexibility index (Phi) is 4.27. The smallest absolute Gasteiger partial charge is 0.164 e. The standard InChI is InChI=1S/C14H15FN2OS/c1-9-13(10(2)18)14(19-17-9)16-8-7-11-5-3-4-6-12(11)15/h3-6,16H,7-8H2,1-2H3. The van der Waals surface area contributed by atoms with Crippen LogP contribution in [0.15, 0.2) is 24.3 Å². The molecule has 0 saturated heterocycles. The van der Waals surface area contributed by atoms with Crippen LogP contribution in [0.2, 0.25) is 0 Å². The van der Waals surface area contributed by atoms with Gasteiger partial charge in [0.05, 0.1) is 11.3 Å². The highest BCUT2D eigenvalue weighted by atomic mass is 32.1. The number of anilines is 1. The average molecular weight is 278 g/mol. The highest BCUT2D eigenvalue weighted by Crippen LogP contribution is 2.24. The molecule has 19 heavy (non-hydrogen) atoms. The van der Waals surface area contributed by atoms with E-state index < -0.39 is 0 Å². The van der Waals surface area contributed by atoms with Crippen molar-refractivity contribution in [3.8, 4) is 0 Å². The summed E-state index contributed by atoms with van der Waals surface area (Å²) in [4.78, 5) is 11.5. The number of carbonyl (C=O) groups is 1. The van der Waals surface area contributed by atoms with Gasteiger partial charge in [-0.25, -0.2) is 4.39 Å². The van der Waals surface area contributed by atoms with Gasteiger partial charge < -0.3 is 5.32 Å². The third-order valence-electron chi connectivity index (χ3n) is 2.85. The first-order chi connectivity index (χ1) is 9.09. The highest BCUT2D eigenvalue weighted by Gasteiger charge is 2.14. The Balaban J connectivity index is 2.00. The minimum absolute atomic E-state index is 0.000332. The van der Waals surface area contributed by atoms with Crippen LogP contribution in [0.4, 0.5) is 9.39 Å². The number of rotatable bonds is 5. The van der Waals surface area contributed by atoms with Crippen LogP contribution in [-0.4, -0.2) is 16.7 Å². The lowest BCUT2D eigenvalue weighted by molar-refractivity contribution is 0.101. The Hall–Kier alpha value is -1.75. The summed E-state index contributed by atoms with van der Waals surface area (Å²) in [6.45, 7) is 3.91. The van der Waals surface area contributed by atoms with E-state index in [1.807, 2.05) is 13.0 Å². The number of aryl methyl sites for hydroxylation is 1. The predicted molar refractivity (Wildman–Crippen MR) is 75.4 cm³/mol. The normalized spacial score (nSPS) is 10.5. The average Bonchev–Trinajstić information content (AvgIpc) is 2.73. The van der Waals surface area contributed by atoms with Crippen molar-refractivity contribution in [2.24, 2.45) is 0 Å². The second-order valence-corrected chi connectivity index (χ2v) is 5.07. The summed E-state index contributed by atoms with van der Waals surface area (Å²) in [5, 5.41) is 3.92. The molecule has 0 bridgehead atoms. The Morgan fingerprint density at radius 2 is 2.16 bits per heavy atom. The third kappa shape index (κ3) is 3.17. The zero-order chi connectivity index (χ0) is 13.8. The van der Waals surface area contributed by atoms with Crippen LogP contribution in [0, 0.1) is 12.7 Å². The van der Waals surface area contributed by atoms with Crippen LogP contribution in [0.3, 0.4) is 0 Å². The molecule has 2 aromatic rings. The molecule has 3 nitrogen and oxygen atoms in total. The molecule has 100 valence electrons. The molecule has 0 spiro atoms. The molecule has 0 aliphatic carbocycles. The van der Waals surface area contributed by atoms with Crippen LogP contribution < -0.4 is 5.32 Å². The lowest BCUT2D eigenvalue weighted by atomic mass is 10.1. The molecular formula is C14H15FN2OS. The first-order valence-electron chi connectivity index (χ1n) is 6.04. The van der Waals surface area contributed by atoms with E-state index >= 15 is 0 Å². The number of nitrogens with zero attached hydrogens (tertiary/aromatic N) is 1. The van der Waals surface area contributed by atoms with Gasteiger partial charge >= 0.3 is 0 Å². The zero-order valence-electron chi connectivity index (χ0n) is 10.9. The van der Waals surface area contributed by atoms with Crippen molar-refractivity contribution in [1.29, 1.82) is 0 Å². The lowest BCUT2D eigenvalue weighted by Crippen LogP contribution is -2.08. The van der Waals surface area contributed by atoms with Crippen molar-refractivity contribution in [1.82, 2.24) is 4.37 Å². The van der Waals surface area contributed by atoms with E-state index in [1.54, 1.807) is 12.1 Å². The van der Waals surface area contributed by atoms with Crippen LogP contribution in [0.25, 0.3) is 0 Å². The van der Waals surface area contributed by atoms with Gasteiger partial charge in [0.1, 0.15) is 10.8 Å². The molecule has 1 aromatic heterocycles. The van der Waals surface area contributed by atoms with Gasteiger partial charge in [0.25, 0.3) is 0 Å². The van der Waals surface area contributed by atoms with Crippen molar-refractivity contribution < 1.29 is 9.18 Å². The van der Waals surface area contributed by atoms with Crippen LogP contribution in [0.5, 0.6) is 0 Å². The number of hydrogen-bond acceptors (Lipinski definition) is 4. The van der Waals surface area contributed by atoms with E-state index in [0.29, 0.717) is 24.1 Å². The van der Waals surface area contributed by atoms with Crippen LogP contribution in [-0.2, 0) is 6.42 Å². The number of hydrogen-bond donors (Lipinski definition) is 1. The third-order valence-corrected chi connectivity index (χ3v) is 3.75. The number of carbonyl (C=O) groups excluding carboxylic acids is 1. The molecule has 0 aliphatic heterocycles. The Labute approximate surface area is 115 Å². The van der Waals surface area contributed by atoms with Crippen molar-refractivity contribution in [3.05, 3.63) is 46.9 Å². The first kappa shape index (κ1) is 13.7. The van der Waals surface area contributed by atoms with Gasteiger partial charge in [-0.2, -0.15) is 4.37 Å². The number of Topliss-reactive ketones (excluding diaryl/α,β-unsaturated/α-hetero) is 1. The predicted octanol–water partition coefficient (Wildman–Crippen LogP) is 3.45. The maximum atomic E-state index is 13.4. The summed E-state index contributed by atoms with van der Waals surface area (Å²) in [7, 11) is 0. The Morgan fingerprint density at radius 1 is 1.42 bits per heavy atom. The van der Waals surface area contributed by atoms with E-state index in [2.05, 4.69) is 9.69 Å². The zero-order valence-corrected chi connectivity index (χ0v) is 11.7. The number of benzene rings is 1. The van der Waals surface area contributed by atoms with Gasteiger partial charge in [0.2, 0.25) is 0 Å². The van der Waals surface area contributed by atoms with E-state index in [0.717, 1.165) is 10.7 Å². The minimum Gasteiger partial charge on any atom is -0.375 e. The van der Waals surface area contributed by atoms with E-state index in [-0.39, 0.29) is 11.6 Å². The fraction of sp³-hybridized carbons (Fsp3) is 0.286. The monoisotopic (exact) mass is 278 g/mol. The Morgan fingerprint density at radius 3 is 2.84 bits per heavy atom. The Bertz CT molecular complexity index is 595. The molecule has 1 aromatic carbocycles. The molecule has 0 aliphatic rings. The van der Waals surface area contributed by atoms with Crippen molar-refractivity contribution >= 4 is 22.3 Å². The summed E-state index contributed by atoms with van der Waals surface area (Å²) in [5.74, 6) is -0.198. The fourth-order valence-electron chi connectivity index (χ4n) is 1.92. The molecule has 0 atom stereocenters. The summed E-state index contributed by atoms with van der Waals surface area (Å²) >= 11 is 1.27. The van der Waals surface area contributed by atoms with Crippen molar-refractivity contribution in [2.45, 2.75) is 20.3 Å². The van der Waals surface area contributed by atoms with Gasteiger partial charge in [-0.1, -0.05) is 18.2 Å². The second kappa shape index (κ2) is 5.93. The SMILES string of the molecule is CC(=O)c1c(C)nsc1NCCc1ccccc1F. The second-order valence-electron chi connectivity index (χ2n) is 4.30. The summed E-state index contributed by atoms with van der Waals surface area (Å²) in [5.41, 5.74) is 2.05. The number of aromatic nitrogens is 1. The summed E-state index contributed by atoms with van der Waals surface area (Å²) < 4.78 is 17.6. The van der Waals surface area contributed by atoms with E-state index in [1.165, 1.54) is 24.5 Å². The molecule has 5 heteroatoms. The van der Waals surface area contributed by atoms with Crippen LogP contribution >= 0.6 is 11.5 Å². The molecule has 0 radical (unpaired) electrons. The molecular weight excluding hydrogens is 263 g/mol. The first-order valence-corrected chi connectivity index (χ1v) is 6.81. The largest absolute Gasteiger partial charge is 0.375 e. The van der Waals surface area contributed by atoms with E-state index in [4.69, 9.17) is 0 Å². The number of ketones is 1. The summed E-state index contributed by atoms with van der Waals surface area (Å²) in [6.07, 6.45) is 0.570. The minimum atomic E-state index is -0.198. The molecule has 1 N–H and O–H groups in total. The lowest BCUT2D eigenvalue weighted by Gasteiger charge is -2.06. The molecule has 1 heterocycles. The number of nitrogens with one attached hydrogen (secondary N) is 1. The highest BCUT2D eigenvalue weighted by molar-refractivity contribution is 7.10. The van der Waals surface area contributed by atoms with Gasteiger partial charge in [0, 0.05) is 6.54 Å². The van der Waals surface area contributed by atoms with Crippen LogP contribution in [0.1, 0.15) is 28.5 Å². The van der Waals surface area contributed by atoms with Gasteiger partial charge in [-0.15, -0.1) is 0 Å². The molecule has 0 unspecified atom stereocenters. The summed E-state index contributed by atoms with van der Waals surface area (Å²) in [6, 6.07) is 6.71. The number of halogens is 1. The van der Waals surface area contributed by atoms with Gasteiger partial charge in [-0.05, 0) is 43.4 Å². The van der Waals surface area contributed by atoms with Gasteiger partial charge in [-0.3, -0.25) is 4.79 Å². The topological polar surface area (TPSA) is 42.0 Å². The molecule has 0 saturated carbocycles. The maximum absolute atomic E-state index is 13.4. The molecule has 0 amide bonds. The van der Waals surface area contributed by atoms with Crippen molar-refractivity contribution in [2.75, 3.05) is 11.9 Å². The van der Waals surface area contributed by atoms with Gasteiger partial charge in [0.15, 0.2) is 5.78 Å². The van der Waals surface area contributed by atoms with E-state index in [9.17, 15) is 9.18 Å². The molecule has 2 rings (SSSR count). The fourth-order valence-corrected chi connectivity index (χ4v) is 2.79. The molecule has 0 fully saturated rings. The quantitative estimate of drug-likeness (QED) is 0.852. The maximum Gasteiger partial charge on any atom is 0.164 e.